The number of anilines is 1. The fourth-order valence-electron chi connectivity index (χ4n) is 1.89. The third kappa shape index (κ3) is 4.95. The van der Waals surface area contributed by atoms with Gasteiger partial charge in [0.05, 0.1) is 0 Å². The number of benzene rings is 1. The first-order valence-electron chi connectivity index (χ1n) is 6.06. The summed E-state index contributed by atoms with van der Waals surface area (Å²) in [6.07, 6.45) is -1.87. The van der Waals surface area contributed by atoms with E-state index in [1.165, 1.54) is 11.0 Å². The Balaban J connectivity index is 2.99. The lowest BCUT2D eigenvalue weighted by molar-refractivity contribution is -0.131. The molecule has 0 aliphatic carbocycles. The van der Waals surface area contributed by atoms with Gasteiger partial charge in [0.15, 0.2) is 0 Å². The summed E-state index contributed by atoms with van der Waals surface area (Å²) in [5.41, 5.74) is 1.80. The molecule has 6 heteroatoms. The van der Waals surface area contributed by atoms with Gasteiger partial charge in [-0.25, -0.2) is 4.79 Å². The van der Waals surface area contributed by atoms with Crippen LogP contribution in [0.25, 0.3) is 6.08 Å². The molecule has 0 saturated heterocycles. The van der Waals surface area contributed by atoms with E-state index in [9.17, 15) is 18.0 Å². The Kier molecular flexibility index (Phi) is 5.19. The number of aliphatic carboxylic acids is 1. The summed E-state index contributed by atoms with van der Waals surface area (Å²) >= 11 is 0. The van der Waals surface area contributed by atoms with Gasteiger partial charge in [-0.05, 0) is 43.2 Å². The van der Waals surface area contributed by atoms with Crippen molar-refractivity contribution < 1.29 is 23.1 Å². The van der Waals surface area contributed by atoms with Gasteiger partial charge in [-0.1, -0.05) is 6.07 Å². The molecule has 0 unspecified atom stereocenters. The molecule has 0 radical (unpaired) electrons. The van der Waals surface area contributed by atoms with Crippen LogP contribution in [0.1, 0.15) is 18.1 Å². The standard InChI is InChI=1S/C14H16F3NO2/c1-3-18(9-14(15,16)17)12-6-4-11(8-10(12)2)5-7-13(19)20/h4-8H,3,9H2,1-2H3,(H,19,20). The van der Waals surface area contributed by atoms with Crippen molar-refractivity contribution in [1.82, 2.24) is 0 Å². The van der Waals surface area contributed by atoms with Gasteiger partial charge in [0.2, 0.25) is 0 Å². The molecule has 1 aromatic carbocycles. The minimum Gasteiger partial charge on any atom is -0.478 e. The molecule has 1 N–H and O–H groups in total. The molecular weight excluding hydrogens is 271 g/mol. The number of halogens is 3. The van der Waals surface area contributed by atoms with E-state index in [4.69, 9.17) is 5.11 Å². The topological polar surface area (TPSA) is 40.5 Å². The highest BCUT2D eigenvalue weighted by Gasteiger charge is 2.30. The van der Waals surface area contributed by atoms with Crippen LogP contribution in [0.4, 0.5) is 18.9 Å². The summed E-state index contributed by atoms with van der Waals surface area (Å²) in [5.74, 6) is -1.07. The maximum Gasteiger partial charge on any atom is 0.405 e. The highest BCUT2D eigenvalue weighted by atomic mass is 19.4. The van der Waals surface area contributed by atoms with E-state index in [0.29, 0.717) is 16.8 Å². The second-order valence-electron chi connectivity index (χ2n) is 4.35. The average Bonchev–Trinajstić information content (AvgIpc) is 2.33. The third-order valence-corrected chi connectivity index (χ3v) is 2.73. The highest BCUT2D eigenvalue weighted by Crippen LogP contribution is 2.26. The molecule has 0 bridgehead atoms. The fraction of sp³-hybridized carbons (Fsp3) is 0.357. The molecule has 110 valence electrons. The predicted octanol–water partition coefficient (Wildman–Crippen LogP) is 3.48. The Morgan fingerprint density at radius 3 is 2.50 bits per heavy atom. The molecule has 0 aromatic heterocycles. The Bertz CT molecular complexity index is 510. The highest BCUT2D eigenvalue weighted by molar-refractivity contribution is 5.85. The van der Waals surface area contributed by atoms with Crippen molar-refractivity contribution in [1.29, 1.82) is 0 Å². The molecule has 0 amide bonds. The summed E-state index contributed by atoms with van der Waals surface area (Å²) in [7, 11) is 0. The lowest BCUT2D eigenvalue weighted by Crippen LogP contribution is -2.34. The molecule has 1 aromatic rings. The minimum absolute atomic E-state index is 0.241. The van der Waals surface area contributed by atoms with Gasteiger partial charge in [0.25, 0.3) is 0 Å². The normalized spacial score (nSPS) is 11.8. The van der Waals surface area contributed by atoms with Crippen molar-refractivity contribution in [3.63, 3.8) is 0 Å². The predicted molar refractivity (Wildman–Crippen MR) is 71.8 cm³/mol. The van der Waals surface area contributed by atoms with Gasteiger partial charge >= 0.3 is 12.1 Å². The smallest absolute Gasteiger partial charge is 0.405 e. The lowest BCUT2D eigenvalue weighted by Gasteiger charge is -2.26. The second-order valence-corrected chi connectivity index (χ2v) is 4.35. The van der Waals surface area contributed by atoms with E-state index in [0.717, 1.165) is 6.08 Å². The molecule has 0 aliphatic heterocycles. The van der Waals surface area contributed by atoms with Gasteiger partial charge in [0, 0.05) is 18.3 Å². The third-order valence-electron chi connectivity index (χ3n) is 2.73. The van der Waals surface area contributed by atoms with E-state index in [2.05, 4.69) is 0 Å². The molecule has 3 nitrogen and oxygen atoms in total. The molecule has 0 spiro atoms. The summed E-state index contributed by atoms with van der Waals surface area (Å²) in [5, 5.41) is 8.53. The summed E-state index contributed by atoms with van der Waals surface area (Å²) in [6, 6.07) is 4.83. The van der Waals surface area contributed by atoms with Gasteiger partial charge in [0.1, 0.15) is 6.54 Å². The van der Waals surface area contributed by atoms with E-state index < -0.39 is 18.7 Å². The second kappa shape index (κ2) is 6.45. The lowest BCUT2D eigenvalue weighted by atomic mass is 10.1. The quantitative estimate of drug-likeness (QED) is 0.843. The van der Waals surface area contributed by atoms with Crippen LogP contribution in [0.2, 0.25) is 0 Å². The number of carboxylic acid groups (broad SMARTS) is 1. The van der Waals surface area contributed by atoms with Crippen LogP contribution in [0, 0.1) is 6.92 Å². The summed E-state index contributed by atoms with van der Waals surface area (Å²) in [6.45, 7) is 2.59. The molecular formula is C14H16F3NO2. The van der Waals surface area contributed by atoms with E-state index in [1.54, 1.807) is 32.0 Å². The average molecular weight is 287 g/mol. The van der Waals surface area contributed by atoms with E-state index >= 15 is 0 Å². The number of nitrogens with zero attached hydrogens (tertiary/aromatic N) is 1. The van der Waals surface area contributed by atoms with Crippen molar-refractivity contribution in [2.24, 2.45) is 0 Å². The van der Waals surface area contributed by atoms with Crippen LogP contribution in [-0.4, -0.2) is 30.3 Å². The summed E-state index contributed by atoms with van der Waals surface area (Å²) < 4.78 is 37.4. The Labute approximate surface area is 115 Å². The Morgan fingerprint density at radius 1 is 1.40 bits per heavy atom. The number of rotatable bonds is 5. The largest absolute Gasteiger partial charge is 0.478 e. The zero-order chi connectivity index (χ0) is 15.3. The first-order chi connectivity index (χ1) is 9.23. The van der Waals surface area contributed by atoms with Crippen molar-refractivity contribution in [2.75, 3.05) is 18.0 Å². The fourth-order valence-corrected chi connectivity index (χ4v) is 1.89. The maximum absolute atomic E-state index is 12.5. The van der Waals surface area contributed by atoms with Crippen molar-refractivity contribution in [3.05, 3.63) is 35.4 Å². The number of carboxylic acids is 1. The van der Waals surface area contributed by atoms with Crippen molar-refractivity contribution >= 4 is 17.7 Å². The van der Waals surface area contributed by atoms with Crippen molar-refractivity contribution in [2.45, 2.75) is 20.0 Å². The van der Waals surface area contributed by atoms with Crippen LogP contribution in [0.5, 0.6) is 0 Å². The molecule has 0 aliphatic rings. The zero-order valence-electron chi connectivity index (χ0n) is 11.2. The zero-order valence-corrected chi connectivity index (χ0v) is 11.2. The molecule has 0 fully saturated rings. The van der Waals surface area contributed by atoms with Crippen molar-refractivity contribution in [3.8, 4) is 0 Å². The van der Waals surface area contributed by atoms with Crippen LogP contribution >= 0.6 is 0 Å². The Hall–Kier alpha value is -1.98. The number of carbonyl (C=O) groups is 1. The molecule has 20 heavy (non-hydrogen) atoms. The molecule has 0 atom stereocenters. The number of aryl methyl sites for hydroxylation is 1. The SMILES string of the molecule is CCN(CC(F)(F)F)c1ccc(C=CC(=O)O)cc1C. The number of hydrogen-bond acceptors (Lipinski definition) is 2. The van der Waals surface area contributed by atoms with Crippen LogP contribution in [0.15, 0.2) is 24.3 Å². The van der Waals surface area contributed by atoms with E-state index in [1.807, 2.05) is 0 Å². The number of hydrogen-bond donors (Lipinski definition) is 1. The molecule has 0 heterocycles. The van der Waals surface area contributed by atoms with Crippen LogP contribution < -0.4 is 4.90 Å². The van der Waals surface area contributed by atoms with E-state index in [-0.39, 0.29) is 6.54 Å². The van der Waals surface area contributed by atoms with Gasteiger partial charge in [-0.2, -0.15) is 13.2 Å². The monoisotopic (exact) mass is 287 g/mol. The molecule has 0 saturated carbocycles. The first kappa shape index (κ1) is 16.1. The maximum atomic E-state index is 12.5. The van der Waals surface area contributed by atoms with Gasteiger partial charge in [-0.15, -0.1) is 0 Å². The minimum atomic E-state index is -4.26. The first-order valence-corrected chi connectivity index (χ1v) is 6.06. The van der Waals surface area contributed by atoms with Gasteiger partial charge in [-0.3, -0.25) is 0 Å². The molecule has 1 rings (SSSR count). The number of alkyl halides is 3. The van der Waals surface area contributed by atoms with Crippen LogP contribution in [0.3, 0.4) is 0 Å². The van der Waals surface area contributed by atoms with Crippen LogP contribution in [-0.2, 0) is 4.79 Å². The Morgan fingerprint density at radius 2 is 2.05 bits per heavy atom. The van der Waals surface area contributed by atoms with Gasteiger partial charge < -0.3 is 10.0 Å². The summed E-state index contributed by atoms with van der Waals surface area (Å²) in [4.78, 5) is 11.7.